The number of carbonyl (C=O) groups is 3. The summed E-state index contributed by atoms with van der Waals surface area (Å²) in [4.78, 5) is 39.9. The van der Waals surface area contributed by atoms with E-state index in [2.05, 4.69) is 29.8 Å². The van der Waals surface area contributed by atoms with Crippen LogP contribution >= 0.6 is 11.3 Å². The van der Waals surface area contributed by atoms with Gasteiger partial charge in [0, 0.05) is 28.7 Å². The minimum Gasteiger partial charge on any atom is -0.465 e. The predicted molar refractivity (Wildman–Crippen MR) is 182 cm³/mol. The highest BCUT2D eigenvalue weighted by atomic mass is 32.1. The molecule has 0 radical (unpaired) electrons. The lowest BCUT2D eigenvalue weighted by molar-refractivity contribution is 0.0600. The lowest BCUT2D eigenvalue weighted by atomic mass is 9.95. The molecule has 0 saturated heterocycles. The molecule has 0 fully saturated rings. The highest BCUT2D eigenvalue weighted by molar-refractivity contribution is 7.17. The van der Waals surface area contributed by atoms with Crippen molar-refractivity contribution in [1.82, 2.24) is 5.32 Å². The fraction of sp³-hybridized carbons (Fsp3) is 0.324. The normalized spacial score (nSPS) is 12.4. The van der Waals surface area contributed by atoms with E-state index >= 15 is 0 Å². The smallest absolute Gasteiger partial charge is 0.337 e. The van der Waals surface area contributed by atoms with E-state index < -0.39 is 0 Å². The van der Waals surface area contributed by atoms with Crippen LogP contribution in [-0.2, 0) is 37.0 Å². The summed E-state index contributed by atoms with van der Waals surface area (Å²) in [7, 11) is 1.38. The molecule has 0 saturated carbocycles. The number of aryl methyl sites for hydroxylation is 3. The van der Waals surface area contributed by atoms with Crippen LogP contribution in [-0.4, -0.2) is 30.9 Å². The standard InChI is InChI=1S/C37H41N3O4S/c1-24(2)38-23-27-10-7-11-29(22-27)34(41)40-36-33(31-12-4-5-13-32(31)45-36)35(42)39-30-20-16-26(17-21-30)9-6-8-25-14-18-28(19-15-25)37(43)44-3/h7,10-11,14-22,24,38H,4-6,8-9,12-13,23H2,1-3H3,(H,39,42)(H,40,41). The molecule has 4 aromatic rings. The van der Waals surface area contributed by atoms with Gasteiger partial charge in [-0.25, -0.2) is 4.79 Å². The molecule has 45 heavy (non-hydrogen) atoms. The Morgan fingerprint density at radius 2 is 1.49 bits per heavy atom. The minimum atomic E-state index is -0.329. The lowest BCUT2D eigenvalue weighted by Crippen LogP contribution is -2.22. The van der Waals surface area contributed by atoms with Gasteiger partial charge in [-0.15, -0.1) is 11.3 Å². The number of carbonyl (C=O) groups excluding carboxylic acids is 3. The Kier molecular flexibility index (Phi) is 10.8. The van der Waals surface area contributed by atoms with E-state index in [0.29, 0.717) is 34.3 Å². The maximum atomic E-state index is 13.7. The SMILES string of the molecule is COC(=O)c1ccc(CCCc2ccc(NC(=O)c3c(NC(=O)c4cccc(CNC(C)C)c4)sc4c3CCCC4)cc2)cc1. The number of thiophene rings is 1. The van der Waals surface area contributed by atoms with Gasteiger partial charge in [-0.3, -0.25) is 9.59 Å². The van der Waals surface area contributed by atoms with Crippen molar-refractivity contribution in [2.75, 3.05) is 17.7 Å². The lowest BCUT2D eigenvalue weighted by Gasteiger charge is -2.14. The van der Waals surface area contributed by atoms with Crippen molar-refractivity contribution in [2.45, 2.75) is 71.4 Å². The monoisotopic (exact) mass is 623 g/mol. The molecule has 1 aliphatic carbocycles. The quantitative estimate of drug-likeness (QED) is 0.141. The van der Waals surface area contributed by atoms with Gasteiger partial charge < -0.3 is 20.7 Å². The van der Waals surface area contributed by atoms with Gasteiger partial charge in [0.25, 0.3) is 11.8 Å². The van der Waals surface area contributed by atoms with Crippen molar-refractivity contribution in [3.63, 3.8) is 0 Å². The van der Waals surface area contributed by atoms with Crippen LogP contribution in [0.5, 0.6) is 0 Å². The summed E-state index contributed by atoms with van der Waals surface area (Å²) < 4.78 is 4.76. The van der Waals surface area contributed by atoms with E-state index in [1.165, 1.54) is 34.5 Å². The van der Waals surface area contributed by atoms with Crippen LogP contribution in [0.1, 0.15) is 91.3 Å². The van der Waals surface area contributed by atoms with Gasteiger partial charge in [0.15, 0.2) is 0 Å². The van der Waals surface area contributed by atoms with Gasteiger partial charge >= 0.3 is 5.97 Å². The third-order valence-corrected chi connectivity index (χ3v) is 9.25. The summed E-state index contributed by atoms with van der Waals surface area (Å²) >= 11 is 1.53. The van der Waals surface area contributed by atoms with Crippen LogP contribution in [0.25, 0.3) is 0 Å². The van der Waals surface area contributed by atoms with Gasteiger partial charge in [0.05, 0.1) is 18.2 Å². The number of nitrogens with one attached hydrogen (secondary N) is 3. The number of benzene rings is 3. The second kappa shape index (κ2) is 15.1. The average Bonchev–Trinajstić information content (AvgIpc) is 3.42. The Morgan fingerprint density at radius 3 is 2.18 bits per heavy atom. The Morgan fingerprint density at radius 1 is 0.800 bits per heavy atom. The topological polar surface area (TPSA) is 96.5 Å². The third kappa shape index (κ3) is 8.47. The number of hydrogen-bond acceptors (Lipinski definition) is 6. The predicted octanol–water partition coefficient (Wildman–Crippen LogP) is 7.59. The van der Waals surface area contributed by atoms with Crippen LogP contribution in [0.4, 0.5) is 10.7 Å². The molecule has 3 aromatic carbocycles. The van der Waals surface area contributed by atoms with E-state index in [1.807, 2.05) is 60.7 Å². The van der Waals surface area contributed by atoms with Crippen molar-refractivity contribution < 1.29 is 19.1 Å². The Balaban J connectivity index is 1.22. The highest BCUT2D eigenvalue weighted by Crippen LogP contribution is 2.39. The number of fused-ring (bicyclic) bond motifs is 1. The Hall–Kier alpha value is -4.27. The first kappa shape index (κ1) is 32.1. The minimum absolute atomic E-state index is 0.192. The molecular formula is C37H41N3O4S. The van der Waals surface area contributed by atoms with Gasteiger partial charge in [0.1, 0.15) is 5.00 Å². The summed E-state index contributed by atoms with van der Waals surface area (Å²) in [6.45, 7) is 4.87. The maximum Gasteiger partial charge on any atom is 0.337 e. The molecule has 5 rings (SSSR count). The molecule has 8 heteroatoms. The fourth-order valence-electron chi connectivity index (χ4n) is 5.58. The van der Waals surface area contributed by atoms with Crippen molar-refractivity contribution >= 4 is 39.8 Å². The number of esters is 1. The van der Waals surface area contributed by atoms with Crippen molar-refractivity contribution in [2.24, 2.45) is 0 Å². The highest BCUT2D eigenvalue weighted by Gasteiger charge is 2.27. The summed E-state index contributed by atoms with van der Waals surface area (Å²) in [6, 6.07) is 23.4. The zero-order chi connectivity index (χ0) is 31.8. The molecule has 0 unspecified atom stereocenters. The number of rotatable bonds is 12. The summed E-state index contributed by atoms with van der Waals surface area (Å²) in [6.07, 6.45) is 6.65. The van der Waals surface area contributed by atoms with Crippen LogP contribution in [0.3, 0.4) is 0 Å². The van der Waals surface area contributed by atoms with Crippen molar-refractivity contribution in [1.29, 1.82) is 0 Å². The van der Waals surface area contributed by atoms with Gasteiger partial charge in [-0.2, -0.15) is 0 Å². The molecule has 0 spiro atoms. The Labute approximate surface area is 269 Å². The molecule has 0 bridgehead atoms. The molecule has 234 valence electrons. The number of methoxy groups -OCH3 is 1. The average molecular weight is 624 g/mol. The summed E-state index contributed by atoms with van der Waals surface area (Å²) in [5, 5.41) is 10.2. The first-order chi connectivity index (χ1) is 21.8. The van der Waals surface area contributed by atoms with E-state index in [4.69, 9.17) is 4.74 Å². The summed E-state index contributed by atoms with van der Waals surface area (Å²) in [5.74, 6) is -0.731. The van der Waals surface area contributed by atoms with E-state index in [0.717, 1.165) is 61.8 Å². The molecule has 0 atom stereocenters. The second-order valence-electron chi connectivity index (χ2n) is 11.8. The summed E-state index contributed by atoms with van der Waals surface area (Å²) in [5.41, 5.74) is 6.89. The first-order valence-electron chi connectivity index (χ1n) is 15.7. The van der Waals surface area contributed by atoms with Gasteiger partial charge in [-0.1, -0.05) is 50.2 Å². The zero-order valence-corrected chi connectivity index (χ0v) is 27.0. The molecule has 2 amide bonds. The van der Waals surface area contributed by atoms with Gasteiger partial charge in [0.2, 0.25) is 0 Å². The molecule has 1 heterocycles. The van der Waals surface area contributed by atoms with E-state index in [9.17, 15) is 14.4 Å². The number of amides is 2. The molecule has 1 aromatic heterocycles. The molecule has 7 nitrogen and oxygen atoms in total. The van der Waals surface area contributed by atoms with E-state index in [1.54, 1.807) is 12.1 Å². The first-order valence-corrected chi connectivity index (χ1v) is 16.5. The van der Waals surface area contributed by atoms with Gasteiger partial charge in [-0.05, 0) is 104 Å². The second-order valence-corrected chi connectivity index (χ2v) is 12.9. The molecule has 1 aliphatic rings. The third-order valence-electron chi connectivity index (χ3n) is 8.05. The largest absolute Gasteiger partial charge is 0.465 e. The number of hydrogen-bond donors (Lipinski definition) is 3. The van der Waals surface area contributed by atoms with Crippen molar-refractivity contribution in [3.05, 3.63) is 117 Å². The molecule has 0 aliphatic heterocycles. The van der Waals surface area contributed by atoms with Crippen LogP contribution in [0.2, 0.25) is 0 Å². The zero-order valence-electron chi connectivity index (χ0n) is 26.2. The Bertz CT molecular complexity index is 1640. The van der Waals surface area contributed by atoms with Crippen LogP contribution in [0.15, 0.2) is 72.8 Å². The fourth-order valence-corrected chi connectivity index (χ4v) is 6.87. The number of anilines is 2. The van der Waals surface area contributed by atoms with Crippen molar-refractivity contribution in [3.8, 4) is 0 Å². The molecular weight excluding hydrogens is 582 g/mol. The maximum absolute atomic E-state index is 13.7. The molecule has 3 N–H and O–H groups in total. The van der Waals surface area contributed by atoms with Crippen LogP contribution in [0, 0.1) is 0 Å². The van der Waals surface area contributed by atoms with E-state index in [-0.39, 0.29) is 17.8 Å². The number of ether oxygens (including phenoxy) is 1. The van der Waals surface area contributed by atoms with Crippen LogP contribution < -0.4 is 16.0 Å².